The van der Waals surface area contributed by atoms with Crippen LogP contribution in [-0.4, -0.2) is 38.6 Å². The first-order valence-electron chi connectivity index (χ1n) is 8.77. The van der Waals surface area contributed by atoms with E-state index in [9.17, 15) is 22.0 Å². The van der Waals surface area contributed by atoms with Crippen molar-refractivity contribution in [3.05, 3.63) is 53.6 Å². The Morgan fingerprint density at radius 2 is 1.79 bits per heavy atom. The number of nitrogens with one attached hydrogen (secondary N) is 1. The summed E-state index contributed by atoms with van der Waals surface area (Å²) in [6.07, 6.45) is 4.72. The number of benzene rings is 2. The Morgan fingerprint density at radius 1 is 1.07 bits per heavy atom. The lowest BCUT2D eigenvalue weighted by Crippen LogP contribution is -2.36. The molecule has 1 amide bonds. The first-order chi connectivity index (χ1) is 13.3. The topological polar surface area (TPSA) is 66.5 Å². The minimum Gasteiger partial charge on any atom is -0.339 e. The number of thioether (sulfide) groups is 1. The van der Waals surface area contributed by atoms with Crippen LogP contribution >= 0.6 is 11.8 Å². The average Bonchev–Trinajstić information content (AvgIpc) is 2.69. The second-order valence-corrected chi connectivity index (χ2v) is 8.98. The second kappa shape index (κ2) is 8.48. The molecular formula is C19H20F2N2O3S2. The van der Waals surface area contributed by atoms with Gasteiger partial charge in [-0.2, -0.15) is 0 Å². The van der Waals surface area contributed by atoms with Crippen molar-refractivity contribution in [1.82, 2.24) is 4.90 Å². The number of likely N-dealkylation sites (tertiary alicyclic amines) is 1. The molecule has 2 aromatic carbocycles. The number of hydrogen-bond acceptors (Lipinski definition) is 4. The van der Waals surface area contributed by atoms with Gasteiger partial charge in [-0.1, -0.05) is 0 Å². The van der Waals surface area contributed by atoms with Crippen LogP contribution in [0, 0.1) is 11.6 Å². The predicted molar refractivity (Wildman–Crippen MR) is 105 cm³/mol. The summed E-state index contributed by atoms with van der Waals surface area (Å²) < 4.78 is 54.4. The van der Waals surface area contributed by atoms with Gasteiger partial charge >= 0.3 is 0 Å². The molecule has 1 fully saturated rings. The summed E-state index contributed by atoms with van der Waals surface area (Å²) in [7, 11) is -4.15. The number of halogens is 2. The molecule has 150 valence electrons. The highest BCUT2D eigenvalue weighted by Crippen LogP contribution is 2.27. The van der Waals surface area contributed by atoms with E-state index < -0.39 is 21.7 Å². The summed E-state index contributed by atoms with van der Waals surface area (Å²) in [5, 5.41) is 0. The third-order valence-corrected chi connectivity index (χ3v) is 6.69. The van der Waals surface area contributed by atoms with E-state index in [-0.39, 0.29) is 16.5 Å². The van der Waals surface area contributed by atoms with Gasteiger partial charge in [0.1, 0.15) is 11.6 Å². The Labute approximate surface area is 167 Å². The van der Waals surface area contributed by atoms with E-state index >= 15 is 0 Å². The lowest BCUT2D eigenvalue weighted by molar-refractivity contribution is 0.0720. The molecule has 0 radical (unpaired) electrons. The summed E-state index contributed by atoms with van der Waals surface area (Å²) >= 11 is 1.35. The molecule has 1 aliphatic rings. The minimum absolute atomic E-state index is 0.158. The number of nitrogens with zero attached hydrogens (tertiary/aromatic N) is 1. The van der Waals surface area contributed by atoms with Crippen molar-refractivity contribution in [2.24, 2.45) is 0 Å². The van der Waals surface area contributed by atoms with Crippen LogP contribution in [0.3, 0.4) is 0 Å². The van der Waals surface area contributed by atoms with Crippen molar-refractivity contribution in [1.29, 1.82) is 0 Å². The molecule has 1 aliphatic heterocycles. The van der Waals surface area contributed by atoms with E-state index in [0.29, 0.717) is 29.6 Å². The maximum absolute atomic E-state index is 13.8. The fourth-order valence-electron chi connectivity index (χ4n) is 3.06. The molecule has 1 saturated heterocycles. The van der Waals surface area contributed by atoms with E-state index in [1.54, 1.807) is 11.0 Å². The number of carbonyl (C=O) groups is 1. The fourth-order valence-corrected chi connectivity index (χ4v) is 4.73. The van der Waals surface area contributed by atoms with Crippen molar-refractivity contribution in [3.8, 4) is 0 Å². The lowest BCUT2D eigenvalue weighted by Gasteiger charge is -2.27. The van der Waals surface area contributed by atoms with Crippen LogP contribution in [0.2, 0.25) is 0 Å². The maximum atomic E-state index is 13.8. The third-order valence-electron chi connectivity index (χ3n) is 4.53. The normalized spacial score (nSPS) is 14.8. The number of piperidine rings is 1. The van der Waals surface area contributed by atoms with Crippen molar-refractivity contribution in [3.63, 3.8) is 0 Å². The molecule has 0 aromatic heterocycles. The van der Waals surface area contributed by atoms with Gasteiger partial charge < -0.3 is 4.90 Å². The molecule has 1 N–H and O–H groups in total. The van der Waals surface area contributed by atoms with Gasteiger partial charge in [0, 0.05) is 24.1 Å². The van der Waals surface area contributed by atoms with Crippen LogP contribution in [0.15, 0.2) is 46.2 Å². The number of anilines is 1. The zero-order valence-electron chi connectivity index (χ0n) is 15.2. The Balaban J connectivity index is 1.94. The SMILES string of the molecule is CSc1ccc(S(=O)(=O)Nc2ccc(F)cc2F)cc1C(=O)N1CCCCC1. The van der Waals surface area contributed by atoms with E-state index in [4.69, 9.17) is 0 Å². The van der Waals surface area contributed by atoms with Crippen molar-refractivity contribution in [2.75, 3.05) is 24.1 Å². The molecule has 5 nitrogen and oxygen atoms in total. The smallest absolute Gasteiger partial charge is 0.262 e. The Hall–Kier alpha value is -2.13. The molecule has 0 saturated carbocycles. The quantitative estimate of drug-likeness (QED) is 0.731. The highest BCUT2D eigenvalue weighted by Gasteiger charge is 2.24. The summed E-state index contributed by atoms with van der Waals surface area (Å²) in [6, 6.07) is 6.81. The summed E-state index contributed by atoms with van der Waals surface area (Å²) in [5.41, 5.74) is -0.0592. The van der Waals surface area contributed by atoms with Crippen molar-refractivity contribution in [2.45, 2.75) is 29.1 Å². The molecular weight excluding hydrogens is 406 g/mol. The number of carbonyl (C=O) groups excluding carboxylic acids is 1. The number of rotatable bonds is 5. The largest absolute Gasteiger partial charge is 0.339 e. The predicted octanol–water partition coefficient (Wildman–Crippen LogP) is 4.11. The van der Waals surface area contributed by atoms with Gasteiger partial charge in [0.05, 0.1) is 16.1 Å². The highest BCUT2D eigenvalue weighted by molar-refractivity contribution is 7.98. The van der Waals surface area contributed by atoms with Crippen LogP contribution in [0.1, 0.15) is 29.6 Å². The van der Waals surface area contributed by atoms with Gasteiger partial charge in [0.25, 0.3) is 15.9 Å². The van der Waals surface area contributed by atoms with Gasteiger partial charge in [-0.25, -0.2) is 17.2 Å². The number of amides is 1. The monoisotopic (exact) mass is 426 g/mol. The molecule has 2 aromatic rings. The van der Waals surface area contributed by atoms with E-state index in [1.165, 1.54) is 23.9 Å². The second-order valence-electron chi connectivity index (χ2n) is 6.44. The lowest BCUT2D eigenvalue weighted by atomic mass is 10.1. The van der Waals surface area contributed by atoms with Crippen LogP contribution < -0.4 is 4.72 Å². The zero-order valence-corrected chi connectivity index (χ0v) is 16.9. The van der Waals surface area contributed by atoms with Gasteiger partial charge in [-0.15, -0.1) is 11.8 Å². The number of hydrogen-bond donors (Lipinski definition) is 1. The molecule has 0 spiro atoms. The van der Waals surface area contributed by atoms with E-state index in [2.05, 4.69) is 4.72 Å². The van der Waals surface area contributed by atoms with Crippen LogP contribution in [-0.2, 0) is 10.0 Å². The molecule has 9 heteroatoms. The Kier molecular flexibility index (Phi) is 6.24. The van der Waals surface area contributed by atoms with Gasteiger partial charge in [0.2, 0.25) is 0 Å². The van der Waals surface area contributed by atoms with Crippen LogP contribution in [0.4, 0.5) is 14.5 Å². The van der Waals surface area contributed by atoms with Gasteiger partial charge in [-0.05, 0) is 55.9 Å². The zero-order chi connectivity index (χ0) is 20.3. The molecule has 1 heterocycles. The molecule has 0 aliphatic carbocycles. The van der Waals surface area contributed by atoms with Gasteiger partial charge in [-0.3, -0.25) is 9.52 Å². The Bertz CT molecular complexity index is 991. The van der Waals surface area contributed by atoms with Gasteiger partial charge in [0.15, 0.2) is 0 Å². The average molecular weight is 427 g/mol. The van der Waals surface area contributed by atoms with Crippen LogP contribution in [0.5, 0.6) is 0 Å². The van der Waals surface area contributed by atoms with Crippen molar-refractivity contribution >= 4 is 33.4 Å². The standard InChI is InChI=1S/C19H20F2N2O3S2/c1-27-18-8-6-14(12-15(18)19(24)23-9-3-2-4-10-23)28(25,26)22-17-7-5-13(20)11-16(17)21/h5-8,11-12,22H,2-4,9-10H2,1H3. The summed E-state index contributed by atoms with van der Waals surface area (Å²) in [5.74, 6) is -2.04. The summed E-state index contributed by atoms with van der Waals surface area (Å²) in [4.78, 5) is 15.1. The Morgan fingerprint density at radius 3 is 2.43 bits per heavy atom. The summed E-state index contributed by atoms with van der Waals surface area (Å²) in [6.45, 7) is 1.28. The minimum atomic E-state index is -4.15. The molecule has 3 rings (SSSR count). The van der Waals surface area contributed by atoms with E-state index in [0.717, 1.165) is 31.4 Å². The van der Waals surface area contributed by atoms with Crippen molar-refractivity contribution < 1.29 is 22.0 Å². The van der Waals surface area contributed by atoms with Crippen LogP contribution in [0.25, 0.3) is 0 Å². The number of sulfonamides is 1. The molecule has 0 atom stereocenters. The molecule has 0 unspecified atom stereocenters. The molecule has 0 bridgehead atoms. The van der Waals surface area contributed by atoms with E-state index in [1.807, 2.05) is 6.26 Å². The highest BCUT2D eigenvalue weighted by atomic mass is 32.2. The maximum Gasteiger partial charge on any atom is 0.262 e. The first-order valence-corrected chi connectivity index (χ1v) is 11.5. The first kappa shape index (κ1) is 20.6. The molecule has 28 heavy (non-hydrogen) atoms. The fraction of sp³-hybridized carbons (Fsp3) is 0.316. The third kappa shape index (κ3) is 4.47.